The molecule has 26 heavy (non-hydrogen) atoms. The minimum Gasteiger partial charge on any atom is -0.496 e. The molecule has 0 radical (unpaired) electrons. The van der Waals surface area contributed by atoms with Crippen molar-refractivity contribution in [3.8, 4) is 18.1 Å². The number of benzene rings is 1. The lowest BCUT2D eigenvalue weighted by atomic mass is 10.1. The van der Waals surface area contributed by atoms with Crippen LogP contribution in [0.3, 0.4) is 0 Å². The molecule has 1 saturated heterocycles. The molecule has 140 valence electrons. The molecule has 6 heteroatoms. The Bertz CT molecular complexity index is 701. The van der Waals surface area contributed by atoms with Gasteiger partial charge in [0.25, 0.3) is 0 Å². The van der Waals surface area contributed by atoms with Crippen LogP contribution in [0.25, 0.3) is 0 Å². The zero-order valence-electron chi connectivity index (χ0n) is 15.7. The second-order valence-electron chi connectivity index (χ2n) is 7.06. The van der Waals surface area contributed by atoms with Crippen LogP contribution in [0, 0.1) is 12.3 Å². The predicted octanol–water partition coefficient (Wildman–Crippen LogP) is 3.31. The molecule has 1 aromatic carbocycles. The molecule has 1 fully saturated rings. The standard InChI is InChI=1S/C20H25NO5/c1-6-16(14-10-7-8-12-17(14)24-5)25-18(22)15-11-9-13-21(15)19(23)26-20(2,3)4/h1,7-8,10,12,15-16H,9,11,13H2,2-5H3/t15-,16+/m0/s1. The number of carbonyl (C=O) groups is 2. The summed E-state index contributed by atoms with van der Waals surface area (Å²) in [5.41, 5.74) is -0.0416. The summed E-state index contributed by atoms with van der Waals surface area (Å²) in [5.74, 6) is 2.47. The van der Waals surface area contributed by atoms with Crippen LogP contribution in [-0.2, 0) is 14.3 Å². The van der Waals surface area contributed by atoms with Gasteiger partial charge < -0.3 is 14.2 Å². The Morgan fingerprint density at radius 3 is 2.62 bits per heavy atom. The van der Waals surface area contributed by atoms with Crippen LogP contribution in [0.5, 0.6) is 5.75 Å². The number of esters is 1. The van der Waals surface area contributed by atoms with Crippen molar-refractivity contribution in [2.24, 2.45) is 0 Å². The van der Waals surface area contributed by atoms with E-state index in [0.29, 0.717) is 30.7 Å². The summed E-state index contributed by atoms with van der Waals surface area (Å²) in [4.78, 5) is 26.4. The molecule has 2 rings (SSSR count). The summed E-state index contributed by atoms with van der Waals surface area (Å²) in [6.45, 7) is 5.79. The number of rotatable bonds is 4. The molecule has 1 aliphatic heterocycles. The second kappa shape index (κ2) is 8.13. The van der Waals surface area contributed by atoms with E-state index in [-0.39, 0.29) is 0 Å². The smallest absolute Gasteiger partial charge is 0.411 e. The van der Waals surface area contributed by atoms with E-state index < -0.39 is 29.8 Å². The molecule has 1 aromatic rings. The molecule has 0 aliphatic carbocycles. The molecule has 0 bridgehead atoms. The quantitative estimate of drug-likeness (QED) is 0.609. The van der Waals surface area contributed by atoms with Crippen LogP contribution < -0.4 is 4.74 Å². The van der Waals surface area contributed by atoms with Gasteiger partial charge >= 0.3 is 12.1 Å². The Labute approximate surface area is 154 Å². The Morgan fingerprint density at radius 2 is 2.00 bits per heavy atom. The van der Waals surface area contributed by atoms with Gasteiger partial charge in [-0.3, -0.25) is 4.90 Å². The first-order valence-corrected chi connectivity index (χ1v) is 8.56. The van der Waals surface area contributed by atoms with E-state index in [1.807, 2.05) is 0 Å². The molecule has 0 unspecified atom stereocenters. The van der Waals surface area contributed by atoms with Crippen LogP contribution >= 0.6 is 0 Å². The zero-order valence-corrected chi connectivity index (χ0v) is 15.7. The summed E-state index contributed by atoms with van der Waals surface area (Å²) >= 11 is 0. The Balaban J connectivity index is 2.12. The third-order valence-corrected chi connectivity index (χ3v) is 3.96. The van der Waals surface area contributed by atoms with Gasteiger partial charge in [-0.05, 0) is 39.7 Å². The van der Waals surface area contributed by atoms with E-state index >= 15 is 0 Å². The lowest BCUT2D eigenvalue weighted by Gasteiger charge is -2.28. The molecular formula is C20H25NO5. The van der Waals surface area contributed by atoms with E-state index in [4.69, 9.17) is 20.6 Å². The number of likely N-dealkylation sites (tertiary alicyclic amines) is 1. The van der Waals surface area contributed by atoms with Crippen molar-refractivity contribution in [2.45, 2.75) is 51.4 Å². The SMILES string of the molecule is C#C[C@@H](OC(=O)[C@@H]1CCCN1C(=O)OC(C)(C)C)c1ccccc1OC. The first-order chi connectivity index (χ1) is 12.3. The third kappa shape index (κ3) is 4.69. The average molecular weight is 359 g/mol. The van der Waals surface area contributed by atoms with E-state index in [1.54, 1.807) is 45.0 Å². The van der Waals surface area contributed by atoms with Gasteiger partial charge in [-0.25, -0.2) is 9.59 Å². The van der Waals surface area contributed by atoms with Crippen LogP contribution in [0.2, 0.25) is 0 Å². The van der Waals surface area contributed by atoms with Crippen molar-refractivity contribution in [1.82, 2.24) is 4.90 Å². The lowest BCUT2D eigenvalue weighted by molar-refractivity contribution is -0.152. The number of ether oxygens (including phenoxy) is 3. The maximum absolute atomic E-state index is 12.7. The highest BCUT2D eigenvalue weighted by Crippen LogP contribution is 2.29. The van der Waals surface area contributed by atoms with E-state index in [1.165, 1.54) is 12.0 Å². The molecule has 0 spiro atoms. The number of para-hydroxylation sites is 1. The van der Waals surface area contributed by atoms with Crippen molar-refractivity contribution in [3.63, 3.8) is 0 Å². The first kappa shape index (κ1) is 19.6. The fourth-order valence-electron chi connectivity index (χ4n) is 2.82. The number of amides is 1. The number of hydrogen-bond donors (Lipinski definition) is 0. The maximum atomic E-state index is 12.7. The molecule has 1 amide bonds. The second-order valence-corrected chi connectivity index (χ2v) is 7.06. The summed E-state index contributed by atoms with van der Waals surface area (Å²) in [6, 6.07) is 6.39. The van der Waals surface area contributed by atoms with Gasteiger partial charge in [-0.15, -0.1) is 6.42 Å². The largest absolute Gasteiger partial charge is 0.496 e. The van der Waals surface area contributed by atoms with E-state index in [9.17, 15) is 9.59 Å². The molecule has 1 aliphatic rings. The Hall–Kier alpha value is -2.68. The Kier molecular flexibility index (Phi) is 6.14. The normalized spacial score (nSPS) is 18.0. The molecule has 0 saturated carbocycles. The van der Waals surface area contributed by atoms with Gasteiger partial charge in [0.1, 0.15) is 17.4 Å². The molecule has 1 heterocycles. The minimum atomic E-state index is -0.889. The molecular weight excluding hydrogens is 334 g/mol. The summed E-state index contributed by atoms with van der Waals surface area (Å²) in [6.07, 6.45) is 5.37. The van der Waals surface area contributed by atoms with E-state index in [2.05, 4.69) is 5.92 Å². The minimum absolute atomic E-state index is 0.448. The van der Waals surface area contributed by atoms with Crippen LogP contribution in [-0.4, -0.2) is 42.3 Å². The first-order valence-electron chi connectivity index (χ1n) is 8.56. The predicted molar refractivity (Wildman–Crippen MR) is 96.6 cm³/mol. The summed E-state index contributed by atoms with van der Waals surface area (Å²) in [7, 11) is 1.52. The van der Waals surface area contributed by atoms with Gasteiger partial charge in [0.05, 0.1) is 7.11 Å². The zero-order chi connectivity index (χ0) is 19.3. The van der Waals surface area contributed by atoms with Crippen molar-refractivity contribution < 1.29 is 23.8 Å². The van der Waals surface area contributed by atoms with E-state index in [0.717, 1.165) is 0 Å². The summed E-state index contributed by atoms with van der Waals surface area (Å²) < 4.78 is 16.2. The monoisotopic (exact) mass is 359 g/mol. The van der Waals surface area contributed by atoms with Crippen LogP contribution in [0.1, 0.15) is 45.3 Å². The van der Waals surface area contributed by atoms with Gasteiger partial charge in [-0.1, -0.05) is 24.1 Å². The fraction of sp³-hybridized carbons (Fsp3) is 0.500. The van der Waals surface area contributed by atoms with Crippen LogP contribution in [0.15, 0.2) is 24.3 Å². The summed E-state index contributed by atoms with van der Waals surface area (Å²) in [5, 5.41) is 0. The molecule has 6 nitrogen and oxygen atoms in total. The highest BCUT2D eigenvalue weighted by Gasteiger charge is 2.38. The van der Waals surface area contributed by atoms with Crippen molar-refractivity contribution >= 4 is 12.1 Å². The maximum Gasteiger partial charge on any atom is 0.411 e. The van der Waals surface area contributed by atoms with Gasteiger partial charge in [-0.2, -0.15) is 0 Å². The number of nitrogens with zero attached hydrogens (tertiary/aromatic N) is 1. The third-order valence-electron chi connectivity index (χ3n) is 3.96. The van der Waals surface area contributed by atoms with Crippen molar-refractivity contribution in [1.29, 1.82) is 0 Å². The van der Waals surface area contributed by atoms with Gasteiger partial charge in [0, 0.05) is 12.1 Å². The number of hydrogen-bond acceptors (Lipinski definition) is 5. The highest BCUT2D eigenvalue weighted by molar-refractivity contribution is 5.82. The fourth-order valence-corrected chi connectivity index (χ4v) is 2.82. The average Bonchev–Trinajstić information content (AvgIpc) is 3.08. The molecule has 2 atom stereocenters. The van der Waals surface area contributed by atoms with Crippen molar-refractivity contribution in [3.05, 3.63) is 29.8 Å². The number of methoxy groups -OCH3 is 1. The van der Waals surface area contributed by atoms with Gasteiger partial charge in [0.15, 0.2) is 6.10 Å². The number of carbonyl (C=O) groups excluding carboxylic acids is 2. The highest BCUT2D eigenvalue weighted by atomic mass is 16.6. The number of terminal acetylenes is 1. The topological polar surface area (TPSA) is 65.1 Å². The Morgan fingerprint density at radius 1 is 1.31 bits per heavy atom. The molecule has 0 aromatic heterocycles. The van der Waals surface area contributed by atoms with Gasteiger partial charge in [0.2, 0.25) is 0 Å². The lowest BCUT2D eigenvalue weighted by Crippen LogP contribution is -2.44. The van der Waals surface area contributed by atoms with Crippen LogP contribution in [0.4, 0.5) is 4.79 Å². The molecule has 0 N–H and O–H groups in total. The van der Waals surface area contributed by atoms with Crippen molar-refractivity contribution in [2.75, 3.05) is 13.7 Å².